The number of carbonyl (C=O) groups excluding carboxylic acids is 1. The highest BCUT2D eigenvalue weighted by Crippen LogP contribution is 2.31. The Morgan fingerprint density at radius 1 is 1.03 bits per heavy atom. The van der Waals surface area contributed by atoms with Crippen LogP contribution < -0.4 is 5.32 Å². The average Bonchev–Trinajstić information content (AvgIpc) is 3.10. The van der Waals surface area contributed by atoms with Crippen LogP contribution in [0, 0.1) is 0 Å². The number of amides is 1. The highest BCUT2D eigenvalue weighted by Gasteiger charge is 2.30. The smallest absolute Gasteiger partial charge is 0.416 e. The van der Waals surface area contributed by atoms with Gasteiger partial charge in [0.25, 0.3) is 0 Å². The number of halogens is 3. The van der Waals surface area contributed by atoms with Crippen molar-refractivity contribution in [3.8, 4) is 0 Å². The van der Waals surface area contributed by atoms with Crippen molar-refractivity contribution in [1.82, 2.24) is 10.3 Å². The second-order valence-electron chi connectivity index (χ2n) is 7.08. The lowest BCUT2D eigenvalue weighted by Crippen LogP contribution is -2.27. The fourth-order valence-electron chi connectivity index (χ4n) is 3.43. The monoisotopic (exact) mass is 418 g/mol. The fourth-order valence-corrected chi connectivity index (χ4v) is 3.43. The molecule has 5 nitrogen and oxygen atoms in total. The van der Waals surface area contributed by atoms with Crippen LogP contribution in [0.15, 0.2) is 54.7 Å². The zero-order chi connectivity index (χ0) is 21.7. The summed E-state index contributed by atoms with van der Waals surface area (Å²) in [5.41, 5.74) is 1.62. The molecule has 8 heteroatoms. The summed E-state index contributed by atoms with van der Waals surface area (Å²) in [6, 6.07) is 12.1. The van der Waals surface area contributed by atoms with Gasteiger partial charge in [-0.2, -0.15) is 13.2 Å². The number of H-pyrrole nitrogens is 1. The van der Waals surface area contributed by atoms with Gasteiger partial charge in [0.05, 0.1) is 12.0 Å². The van der Waals surface area contributed by atoms with E-state index in [0.29, 0.717) is 18.5 Å². The number of fused-ring (bicyclic) bond motifs is 1. The van der Waals surface area contributed by atoms with E-state index in [2.05, 4.69) is 10.3 Å². The summed E-state index contributed by atoms with van der Waals surface area (Å²) in [4.78, 5) is 26.7. The number of carboxylic acids is 1. The van der Waals surface area contributed by atoms with Gasteiger partial charge in [-0.3, -0.25) is 9.59 Å². The van der Waals surface area contributed by atoms with Crippen LogP contribution in [0.25, 0.3) is 10.9 Å². The van der Waals surface area contributed by atoms with Crippen molar-refractivity contribution in [3.05, 3.63) is 71.4 Å². The Balaban J connectivity index is 1.60. The maximum absolute atomic E-state index is 12.7. The Morgan fingerprint density at radius 2 is 1.73 bits per heavy atom. The number of rotatable bonds is 8. The van der Waals surface area contributed by atoms with Crippen molar-refractivity contribution >= 4 is 22.8 Å². The molecule has 1 amide bonds. The third-order valence-corrected chi connectivity index (χ3v) is 4.95. The summed E-state index contributed by atoms with van der Waals surface area (Å²) in [6.45, 7) is 0.369. The van der Waals surface area contributed by atoms with Crippen LogP contribution in [0.3, 0.4) is 0 Å². The van der Waals surface area contributed by atoms with E-state index in [0.717, 1.165) is 28.6 Å². The molecule has 0 fully saturated rings. The molecule has 0 spiro atoms. The lowest BCUT2D eigenvalue weighted by Gasteiger charge is -2.16. The van der Waals surface area contributed by atoms with Crippen molar-refractivity contribution in [3.63, 3.8) is 0 Å². The first-order chi connectivity index (χ1) is 14.2. The molecule has 158 valence electrons. The number of nitrogens with one attached hydrogen (secondary N) is 2. The first-order valence-corrected chi connectivity index (χ1v) is 9.44. The quantitative estimate of drug-likeness (QED) is 0.504. The second-order valence-corrected chi connectivity index (χ2v) is 7.08. The minimum atomic E-state index is -4.47. The number of aromatic amines is 1. The number of alkyl halides is 3. The van der Waals surface area contributed by atoms with Gasteiger partial charge in [0.2, 0.25) is 5.91 Å². The normalized spacial score (nSPS) is 12.6. The molecule has 0 aliphatic carbocycles. The molecule has 1 heterocycles. The van der Waals surface area contributed by atoms with Crippen LogP contribution in [0.5, 0.6) is 0 Å². The summed E-state index contributed by atoms with van der Waals surface area (Å²) in [5.74, 6) is -2.18. The molecule has 0 radical (unpaired) electrons. The highest BCUT2D eigenvalue weighted by molar-refractivity contribution is 5.83. The lowest BCUT2D eigenvalue weighted by atomic mass is 9.91. The zero-order valence-corrected chi connectivity index (χ0v) is 16.0. The number of carbonyl (C=O) groups is 2. The molecule has 3 rings (SSSR count). The van der Waals surface area contributed by atoms with E-state index >= 15 is 0 Å². The maximum Gasteiger partial charge on any atom is 0.416 e. The molecule has 3 N–H and O–H groups in total. The molecule has 3 aromatic rings. The van der Waals surface area contributed by atoms with Gasteiger partial charge in [-0.05, 0) is 35.7 Å². The maximum atomic E-state index is 12.7. The van der Waals surface area contributed by atoms with E-state index in [-0.39, 0.29) is 18.7 Å². The Hall–Kier alpha value is -3.29. The van der Waals surface area contributed by atoms with Crippen LogP contribution in [0.2, 0.25) is 0 Å². The van der Waals surface area contributed by atoms with Gasteiger partial charge in [-0.25, -0.2) is 0 Å². The number of benzene rings is 2. The van der Waals surface area contributed by atoms with Crippen LogP contribution in [-0.4, -0.2) is 28.5 Å². The third-order valence-electron chi connectivity index (χ3n) is 4.95. The predicted molar refractivity (Wildman–Crippen MR) is 106 cm³/mol. The summed E-state index contributed by atoms with van der Waals surface area (Å²) in [5, 5.41) is 13.0. The molecule has 0 saturated carbocycles. The van der Waals surface area contributed by atoms with Crippen molar-refractivity contribution in [1.29, 1.82) is 0 Å². The highest BCUT2D eigenvalue weighted by atomic mass is 19.4. The molecular weight excluding hydrogens is 397 g/mol. The lowest BCUT2D eigenvalue weighted by molar-refractivity contribution is -0.138. The molecule has 30 heavy (non-hydrogen) atoms. The van der Waals surface area contributed by atoms with Gasteiger partial charge in [0, 0.05) is 36.0 Å². The number of aliphatic carboxylic acids is 1. The molecule has 1 aromatic heterocycles. The van der Waals surface area contributed by atoms with E-state index in [1.165, 1.54) is 12.1 Å². The topological polar surface area (TPSA) is 82.2 Å². The van der Waals surface area contributed by atoms with Crippen LogP contribution in [0.4, 0.5) is 13.2 Å². The summed E-state index contributed by atoms with van der Waals surface area (Å²) >= 11 is 0. The van der Waals surface area contributed by atoms with Gasteiger partial charge in [0.1, 0.15) is 0 Å². The Morgan fingerprint density at radius 3 is 2.40 bits per heavy atom. The number of hydrogen-bond donors (Lipinski definition) is 3. The van der Waals surface area contributed by atoms with Gasteiger partial charge in [-0.15, -0.1) is 0 Å². The molecule has 1 atom stereocenters. The van der Waals surface area contributed by atoms with Gasteiger partial charge >= 0.3 is 12.1 Å². The standard InChI is InChI=1S/C22H21F3N2O3/c23-22(24,25)17-7-5-14(6-8-17)16(12-21(29)30)11-20(28)26-10-9-15-13-27-19-4-2-1-3-18(15)19/h1-8,13,16,27H,9-12H2,(H,26,28)(H,29,30)/t16-/m1/s1. The van der Waals surface area contributed by atoms with Crippen molar-refractivity contribution in [2.24, 2.45) is 0 Å². The Kier molecular flexibility index (Phi) is 6.44. The Labute approximate surface area is 170 Å². The minimum Gasteiger partial charge on any atom is -0.481 e. The predicted octanol–water partition coefficient (Wildman–Crippen LogP) is 4.49. The average molecular weight is 418 g/mol. The second kappa shape index (κ2) is 9.02. The van der Waals surface area contributed by atoms with E-state index in [9.17, 15) is 22.8 Å². The molecule has 2 aromatic carbocycles. The van der Waals surface area contributed by atoms with Gasteiger partial charge in [0.15, 0.2) is 0 Å². The van der Waals surface area contributed by atoms with E-state index in [4.69, 9.17) is 5.11 Å². The molecule has 0 unspecified atom stereocenters. The summed E-state index contributed by atoms with van der Waals surface area (Å²) in [7, 11) is 0. The number of carboxylic acid groups (broad SMARTS) is 1. The molecule has 0 aliphatic heterocycles. The number of aromatic nitrogens is 1. The fraction of sp³-hybridized carbons (Fsp3) is 0.273. The summed E-state index contributed by atoms with van der Waals surface area (Å²) < 4.78 is 38.2. The number of hydrogen-bond acceptors (Lipinski definition) is 2. The SMILES string of the molecule is O=C(O)C[C@@H](CC(=O)NCCc1c[nH]c2ccccc12)c1ccc(C(F)(F)F)cc1. The summed E-state index contributed by atoms with van der Waals surface area (Å²) in [6.07, 6.45) is -2.46. The molecule has 0 aliphatic rings. The number of para-hydroxylation sites is 1. The van der Waals surface area contributed by atoms with Crippen LogP contribution in [0.1, 0.15) is 35.4 Å². The van der Waals surface area contributed by atoms with Crippen LogP contribution >= 0.6 is 0 Å². The van der Waals surface area contributed by atoms with E-state index in [1.807, 2.05) is 30.5 Å². The minimum absolute atomic E-state index is 0.119. The van der Waals surface area contributed by atoms with Crippen molar-refractivity contribution in [2.75, 3.05) is 6.54 Å². The first kappa shape index (κ1) is 21.4. The van der Waals surface area contributed by atoms with E-state index < -0.39 is 23.6 Å². The first-order valence-electron chi connectivity index (χ1n) is 9.44. The zero-order valence-electron chi connectivity index (χ0n) is 16.0. The third kappa shape index (κ3) is 5.40. The Bertz CT molecular complexity index is 1030. The van der Waals surface area contributed by atoms with Gasteiger partial charge < -0.3 is 15.4 Å². The molecule has 0 bridgehead atoms. The molecule has 0 saturated heterocycles. The largest absolute Gasteiger partial charge is 0.481 e. The van der Waals surface area contributed by atoms with Crippen LogP contribution in [-0.2, 0) is 22.2 Å². The molecular formula is C22H21F3N2O3. The van der Waals surface area contributed by atoms with E-state index in [1.54, 1.807) is 0 Å². The van der Waals surface area contributed by atoms with Gasteiger partial charge in [-0.1, -0.05) is 30.3 Å². The van der Waals surface area contributed by atoms with Crippen molar-refractivity contribution < 1.29 is 27.9 Å². The van der Waals surface area contributed by atoms with Crippen molar-refractivity contribution in [2.45, 2.75) is 31.4 Å².